The van der Waals surface area contributed by atoms with E-state index in [1.54, 1.807) is 18.4 Å². The van der Waals surface area contributed by atoms with Crippen LogP contribution in [-0.4, -0.2) is 49.2 Å². The predicted molar refractivity (Wildman–Crippen MR) is 116 cm³/mol. The zero-order chi connectivity index (χ0) is 20.5. The number of benzene rings is 1. The molecule has 28 heavy (non-hydrogen) atoms. The van der Waals surface area contributed by atoms with Crippen molar-refractivity contribution in [1.82, 2.24) is 15.2 Å². The lowest BCUT2D eigenvalue weighted by atomic mass is 10.2. The molecule has 7 heteroatoms. The molecule has 2 atom stereocenters. The zero-order valence-electron chi connectivity index (χ0n) is 17.7. The number of nitrogens with zero attached hydrogens (tertiary/aromatic N) is 3. The second-order valence-electron chi connectivity index (χ2n) is 6.85. The molecule has 1 aromatic heterocycles. The van der Waals surface area contributed by atoms with E-state index in [1.165, 1.54) is 5.56 Å². The summed E-state index contributed by atoms with van der Waals surface area (Å²) >= 11 is 1.63. The van der Waals surface area contributed by atoms with Gasteiger partial charge in [0, 0.05) is 26.1 Å². The number of ether oxygens (including phenoxy) is 2. The number of aromatic nitrogens is 1. The van der Waals surface area contributed by atoms with E-state index in [-0.39, 0.29) is 12.2 Å². The summed E-state index contributed by atoms with van der Waals surface area (Å²) in [5.74, 6) is 1.71. The van der Waals surface area contributed by atoms with Gasteiger partial charge in [-0.3, -0.25) is 0 Å². The average molecular weight is 405 g/mol. The SMILES string of the molecule is CCNC(=NCC(C)Oc1ccc(C)cc1)N(C)Cc1csc(C(C)OC)n1. The number of nitrogens with one attached hydrogen (secondary N) is 1. The van der Waals surface area contributed by atoms with Crippen molar-refractivity contribution in [3.05, 3.63) is 45.9 Å². The van der Waals surface area contributed by atoms with Crippen molar-refractivity contribution < 1.29 is 9.47 Å². The van der Waals surface area contributed by atoms with Crippen molar-refractivity contribution >= 4 is 17.3 Å². The number of rotatable bonds is 9. The van der Waals surface area contributed by atoms with Crippen molar-refractivity contribution in [1.29, 1.82) is 0 Å². The van der Waals surface area contributed by atoms with Crippen molar-refractivity contribution in [2.24, 2.45) is 4.99 Å². The molecule has 0 bridgehead atoms. The largest absolute Gasteiger partial charge is 0.489 e. The van der Waals surface area contributed by atoms with Gasteiger partial charge in [-0.1, -0.05) is 17.7 Å². The maximum atomic E-state index is 5.96. The van der Waals surface area contributed by atoms with Crippen LogP contribution < -0.4 is 10.1 Å². The molecule has 0 saturated carbocycles. The molecule has 1 heterocycles. The minimum Gasteiger partial charge on any atom is -0.489 e. The summed E-state index contributed by atoms with van der Waals surface area (Å²) in [6, 6.07) is 8.09. The maximum absolute atomic E-state index is 5.96. The van der Waals surface area contributed by atoms with Crippen molar-refractivity contribution in [2.45, 2.75) is 46.4 Å². The summed E-state index contributed by atoms with van der Waals surface area (Å²) < 4.78 is 11.3. The number of hydrogen-bond acceptors (Lipinski definition) is 5. The van der Waals surface area contributed by atoms with Crippen molar-refractivity contribution in [2.75, 3.05) is 27.2 Å². The number of methoxy groups -OCH3 is 1. The molecule has 0 spiro atoms. The van der Waals surface area contributed by atoms with Gasteiger partial charge in [-0.2, -0.15) is 0 Å². The normalized spacial score (nSPS) is 13.9. The molecule has 2 unspecified atom stereocenters. The Morgan fingerprint density at radius 3 is 2.64 bits per heavy atom. The molecule has 0 aliphatic carbocycles. The standard InChI is InChI=1S/C21H32N4O2S/c1-7-22-21(23-12-16(3)27-19-10-8-15(2)9-11-19)25(5)13-18-14-28-20(24-18)17(4)26-6/h8-11,14,16-17H,7,12-13H2,1-6H3,(H,22,23). The topological polar surface area (TPSA) is 59.0 Å². The molecule has 0 aliphatic rings. The van der Waals surface area contributed by atoms with E-state index in [0.717, 1.165) is 29.0 Å². The van der Waals surface area contributed by atoms with Gasteiger partial charge < -0.3 is 19.7 Å². The molecule has 0 amide bonds. The fourth-order valence-electron chi connectivity index (χ4n) is 2.57. The highest BCUT2D eigenvalue weighted by Gasteiger charge is 2.13. The van der Waals surface area contributed by atoms with Crippen molar-refractivity contribution in [3.63, 3.8) is 0 Å². The van der Waals surface area contributed by atoms with Crippen molar-refractivity contribution in [3.8, 4) is 5.75 Å². The van der Waals surface area contributed by atoms with Gasteiger partial charge in [0.25, 0.3) is 0 Å². The van der Waals surface area contributed by atoms with Crippen LogP contribution in [0.15, 0.2) is 34.6 Å². The number of hydrogen-bond donors (Lipinski definition) is 1. The second kappa shape index (κ2) is 11.0. The number of guanidine groups is 1. The second-order valence-corrected chi connectivity index (χ2v) is 7.74. The Kier molecular flexibility index (Phi) is 8.73. The minimum atomic E-state index is -0.0156. The monoisotopic (exact) mass is 404 g/mol. The molecule has 0 aliphatic heterocycles. The van der Waals surface area contributed by atoms with Gasteiger partial charge >= 0.3 is 0 Å². The van der Waals surface area contributed by atoms with Gasteiger partial charge in [0.15, 0.2) is 5.96 Å². The van der Waals surface area contributed by atoms with Crippen LogP contribution in [0.25, 0.3) is 0 Å². The fourth-order valence-corrected chi connectivity index (χ4v) is 3.41. The van der Waals surface area contributed by atoms with E-state index in [4.69, 9.17) is 14.5 Å². The van der Waals surface area contributed by atoms with Gasteiger partial charge in [-0.25, -0.2) is 9.98 Å². The predicted octanol–water partition coefficient (Wildman–Crippen LogP) is 4.02. The molecule has 2 rings (SSSR count). The summed E-state index contributed by atoms with van der Waals surface area (Å²) in [6.45, 7) is 10.2. The summed E-state index contributed by atoms with van der Waals surface area (Å²) in [4.78, 5) is 11.5. The average Bonchev–Trinajstić information content (AvgIpc) is 3.14. The third kappa shape index (κ3) is 6.80. The first-order valence-electron chi connectivity index (χ1n) is 9.62. The van der Waals surface area contributed by atoms with E-state index in [1.807, 2.05) is 33.0 Å². The number of aryl methyl sites for hydroxylation is 1. The third-order valence-corrected chi connectivity index (χ3v) is 5.28. The van der Waals surface area contributed by atoms with E-state index in [2.05, 4.69) is 46.6 Å². The smallest absolute Gasteiger partial charge is 0.194 e. The summed E-state index contributed by atoms with van der Waals surface area (Å²) in [6.07, 6.45) is 0.00363. The first kappa shape index (κ1) is 22.2. The lowest BCUT2D eigenvalue weighted by Gasteiger charge is -2.22. The van der Waals surface area contributed by atoms with Crippen LogP contribution in [0.3, 0.4) is 0 Å². The van der Waals surface area contributed by atoms with Gasteiger partial charge in [-0.05, 0) is 39.8 Å². The summed E-state index contributed by atoms with van der Waals surface area (Å²) in [5, 5.41) is 6.41. The highest BCUT2D eigenvalue weighted by molar-refractivity contribution is 7.09. The molecule has 1 aromatic carbocycles. The first-order valence-corrected chi connectivity index (χ1v) is 10.5. The van der Waals surface area contributed by atoms with Crippen LogP contribution in [0.1, 0.15) is 43.1 Å². The Balaban J connectivity index is 1.95. The molecular weight excluding hydrogens is 372 g/mol. The molecule has 154 valence electrons. The molecule has 2 aromatic rings. The lowest BCUT2D eigenvalue weighted by molar-refractivity contribution is 0.119. The molecule has 1 N–H and O–H groups in total. The van der Waals surface area contributed by atoms with Gasteiger partial charge in [0.05, 0.1) is 18.8 Å². The number of thiazole rings is 1. The van der Waals surface area contributed by atoms with E-state index in [0.29, 0.717) is 13.1 Å². The van der Waals surface area contributed by atoms with E-state index < -0.39 is 0 Å². The molecule has 0 radical (unpaired) electrons. The van der Waals surface area contributed by atoms with E-state index in [9.17, 15) is 0 Å². The number of aliphatic imine (C=N–C) groups is 1. The van der Waals surface area contributed by atoms with Crippen LogP contribution in [0.5, 0.6) is 5.75 Å². The lowest BCUT2D eigenvalue weighted by Crippen LogP contribution is -2.39. The molecule has 0 fully saturated rings. The minimum absolute atomic E-state index is 0.0156. The quantitative estimate of drug-likeness (QED) is 0.505. The van der Waals surface area contributed by atoms with E-state index >= 15 is 0 Å². The highest BCUT2D eigenvalue weighted by Crippen LogP contribution is 2.21. The van der Waals surface area contributed by atoms with Crippen LogP contribution >= 0.6 is 11.3 Å². The molecule has 0 saturated heterocycles. The van der Waals surface area contributed by atoms with Gasteiger partial charge in [-0.15, -0.1) is 11.3 Å². The Labute approximate surface area is 172 Å². The first-order chi connectivity index (χ1) is 13.4. The Morgan fingerprint density at radius 1 is 1.29 bits per heavy atom. The summed E-state index contributed by atoms with van der Waals surface area (Å²) in [7, 11) is 3.72. The summed E-state index contributed by atoms with van der Waals surface area (Å²) in [5.41, 5.74) is 2.24. The Bertz CT molecular complexity index is 745. The molecule has 6 nitrogen and oxygen atoms in total. The maximum Gasteiger partial charge on any atom is 0.194 e. The van der Waals surface area contributed by atoms with Crippen LogP contribution in [0.2, 0.25) is 0 Å². The highest BCUT2D eigenvalue weighted by atomic mass is 32.1. The fraction of sp³-hybridized carbons (Fsp3) is 0.524. The molecular formula is C21H32N4O2S. The van der Waals surface area contributed by atoms with Gasteiger partial charge in [0.1, 0.15) is 23.0 Å². The van der Waals surface area contributed by atoms with Crippen LogP contribution in [0, 0.1) is 6.92 Å². The third-order valence-electron chi connectivity index (χ3n) is 4.22. The van der Waals surface area contributed by atoms with Crippen LogP contribution in [-0.2, 0) is 11.3 Å². The zero-order valence-corrected chi connectivity index (χ0v) is 18.5. The Hall–Kier alpha value is -2.12. The Morgan fingerprint density at radius 2 is 2.00 bits per heavy atom. The van der Waals surface area contributed by atoms with Crippen LogP contribution in [0.4, 0.5) is 0 Å². The van der Waals surface area contributed by atoms with Gasteiger partial charge in [0.2, 0.25) is 0 Å².